The van der Waals surface area contributed by atoms with Gasteiger partial charge in [-0.15, -0.1) is 0 Å². The molecule has 0 radical (unpaired) electrons. The maximum Gasteiger partial charge on any atom is 0.336 e. The van der Waals surface area contributed by atoms with Gasteiger partial charge in [0.1, 0.15) is 0 Å². The SMILES string of the molecule is O=C(O)c1ccnc2c1CNC2. The number of nitrogens with zero attached hydrogens (tertiary/aromatic N) is 1. The van der Waals surface area contributed by atoms with E-state index in [0.717, 1.165) is 11.3 Å². The first-order valence-corrected chi connectivity index (χ1v) is 3.70. The molecule has 4 nitrogen and oxygen atoms in total. The molecule has 0 aliphatic carbocycles. The van der Waals surface area contributed by atoms with E-state index < -0.39 is 5.97 Å². The van der Waals surface area contributed by atoms with Crippen molar-refractivity contribution in [3.63, 3.8) is 0 Å². The highest BCUT2D eigenvalue weighted by atomic mass is 16.4. The van der Waals surface area contributed by atoms with Gasteiger partial charge in [-0.05, 0) is 6.07 Å². The fourth-order valence-corrected chi connectivity index (χ4v) is 1.39. The van der Waals surface area contributed by atoms with Gasteiger partial charge in [0.25, 0.3) is 0 Å². The number of nitrogens with one attached hydrogen (secondary N) is 1. The summed E-state index contributed by atoms with van der Waals surface area (Å²) >= 11 is 0. The van der Waals surface area contributed by atoms with Crippen LogP contribution >= 0.6 is 0 Å². The van der Waals surface area contributed by atoms with Crippen LogP contribution < -0.4 is 5.32 Å². The minimum absolute atomic E-state index is 0.366. The monoisotopic (exact) mass is 164 g/mol. The van der Waals surface area contributed by atoms with Crippen molar-refractivity contribution in [2.75, 3.05) is 0 Å². The second-order valence-corrected chi connectivity index (χ2v) is 2.69. The highest BCUT2D eigenvalue weighted by molar-refractivity contribution is 5.89. The van der Waals surface area contributed by atoms with Crippen LogP contribution in [0, 0.1) is 0 Å². The minimum atomic E-state index is -0.877. The smallest absolute Gasteiger partial charge is 0.336 e. The zero-order valence-corrected chi connectivity index (χ0v) is 6.37. The van der Waals surface area contributed by atoms with Crippen LogP contribution in [0.5, 0.6) is 0 Å². The Bertz CT molecular complexity index is 336. The van der Waals surface area contributed by atoms with E-state index in [1.807, 2.05) is 0 Å². The van der Waals surface area contributed by atoms with Crippen LogP contribution in [0.2, 0.25) is 0 Å². The molecule has 1 aliphatic rings. The maximum atomic E-state index is 10.7. The van der Waals surface area contributed by atoms with Crippen LogP contribution in [0.4, 0.5) is 0 Å². The first-order valence-electron chi connectivity index (χ1n) is 3.70. The summed E-state index contributed by atoms with van der Waals surface area (Å²) < 4.78 is 0. The van der Waals surface area contributed by atoms with E-state index in [0.29, 0.717) is 18.7 Å². The fourth-order valence-electron chi connectivity index (χ4n) is 1.39. The van der Waals surface area contributed by atoms with Gasteiger partial charge in [-0.25, -0.2) is 4.79 Å². The van der Waals surface area contributed by atoms with Crippen LogP contribution in [0.15, 0.2) is 12.3 Å². The molecule has 0 aromatic carbocycles. The number of hydrogen-bond donors (Lipinski definition) is 2. The molecule has 0 saturated heterocycles. The molecular formula is C8H8N2O2. The third kappa shape index (κ3) is 0.967. The van der Waals surface area contributed by atoms with Crippen molar-refractivity contribution in [1.82, 2.24) is 10.3 Å². The summed E-state index contributed by atoms with van der Waals surface area (Å²) in [6.07, 6.45) is 1.54. The molecule has 0 fully saturated rings. The summed E-state index contributed by atoms with van der Waals surface area (Å²) in [5.74, 6) is -0.877. The number of fused-ring (bicyclic) bond motifs is 1. The zero-order chi connectivity index (χ0) is 8.55. The normalized spacial score (nSPS) is 14.3. The summed E-state index contributed by atoms with van der Waals surface area (Å²) in [5.41, 5.74) is 2.05. The molecule has 1 aromatic heterocycles. The largest absolute Gasteiger partial charge is 0.478 e. The predicted molar refractivity (Wildman–Crippen MR) is 41.7 cm³/mol. The molecule has 0 bridgehead atoms. The molecule has 2 N–H and O–H groups in total. The summed E-state index contributed by atoms with van der Waals surface area (Å²) in [4.78, 5) is 14.8. The average Bonchev–Trinajstić information content (AvgIpc) is 2.49. The van der Waals surface area contributed by atoms with Gasteiger partial charge in [-0.1, -0.05) is 0 Å². The molecule has 0 spiro atoms. The Kier molecular flexibility index (Phi) is 1.55. The third-order valence-electron chi connectivity index (χ3n) is 1.97. The zero-order valence-electron chi connectivity index (χ0n) is 6.37. The highest BCUT2D eigenvalue weighted by Gasteiger charge is 2.18. The van der Waals surface area contributed by atoms with Crippen LogP contribution in [0.3, 0.4) is 0 Å². The molecule has 12 heavy (non-hydrogen) atoms. The lowest BCUT2D eigenvalue weighted by Gasteiger charge is -2.00. The van der Waals surface area contributed by atoms with Gasteiger partial charge in [-0.3, -0.25) is 4.98 Å². The van der Waals surface area contributed by atoms with Crippen LogP contribution in [-0.2, 0) is 13.1 Å². The predicted octanol–water partition coefficient (Wildman–Crippen LogP) is 0.383. The lowest BCUT2D eigenvalue weighted by atomic mass is 10.1. The Morgan fingerprint density at radius 2 is 2.42 bits per heavy atom. The topological polar surface area (TPSA) is 62.2 Å². The Morgan fingerprint density at radius 3 is 3.17 bits per heavy atom. The second-order valence-electron chi connectivity index (χ2n) is 2.69. The summed E-state index contributed by atoms with van der Waals surface area (Å²) in [6, 6.07) is 1.54. The second kappa shape index (κ2) is 2.57. The number of aromatic carboxylic acids is 1. The van der Waals surface area contributed by atoms with E-state index >= 15 is 0 Å². The van der Waals surface area contributed by atoms with Gasteiger partial charge in [0.2, 0.25) is 0 Å². The Morgan fingerprint density at radius 1 is 1.58 bits per heavy atom. The van der Waals surface area contributed by atoms with Crippen molar-refractivity contribution in [1.29, 1.82) is 0 Å². The molecule has 0 unspecified atom stereocenters. The number of aromatic nitrogens is 1. The molecule has 0 atom stereocenters. The van der Waals surface area contributed by atoms with Gasteiger partial charge in [-0.2, -0.15) is 0 Å². The van der Waals surface area contributed by atoms with E-state index in [9.17, 15) is 4.79 Å². The van der Waals surface area contributed by atoms with Crippen molar-refractivity contribution < 1.29 is 9.90 Å². The van der Waals surface area contributed by atoms with E-state index in [4.69, 9.17) is 5.11 Å². The van der Waals surface area contributed by atoms with Crippen molar-refractivity contribution in [3.05, 3.63) is 29.1 Å². The van der Waals surface area contributed by atoms with E-state index in [1.165, 1.54) is 12.3 Å². The van der Waals surface area contributed by atoms with E-state index in [2.05, 4.69) is 10.3 Å². The molecule has 2 rings (SSSR count). The van der Waals surface area contributed by atoms with Crippen molar-refractivity contribution >= 4 is 5.97 Å². The van der Waals surface area contributed by atoms with Crippen LogP contribution in [0.25, 0.3) is 0 Å². The Labute approximate surface area is 69.2 Å². The molecule has 0 saturated carbocycles. The number of hydrogen-bond acceptors (Lipinski definition) is 3. The number of carbonyl (C=O) groups is 1. The van der Waals surface area contributed by atoms with Crippen LogP contribution in [0.1, 0.15) is 21.6 Å². The van der Waals surface area contributed by atoms with E-state index in [-0.39, 0.29) is 0 Å². The number of rotatable bonds is 1. The van der Waals surface area contributed by atoms with Gasteiger partial charge < -0.3 is 10.4 Å². The standard InChI is InChI=1S/C8H8N2O2/c11-8(12)5-1-2-10-7-4-9-3-6(5)7/h1-2,9H,3-4H2,(H,11,12). The van der Waals surface area contributed by atoms with Crippen molar-refractivity contribution in [2.24, 2.45) is 0 Å². The van der Waals surface area contributed by atoms with Gasteiger partial charge in [0, 0.05) is 24.8 Å². The quantitative estimate of drug-likeness (QED) is 0.630. The number of pyridine rings is 1. The van der Waals surface area contributed by atoms with Gasteiger partial charge in [0.15, 0.2) is 0 Å². The molecule has 2 heterocycles. The summed E-state index contributed by atoms with van der Waals surface area (Å²) in [5, 5.41) is 11.9. The Balaban J connectivity index is 2.56. The van der Waals surface area contributed by atoms with E-state index in [1.54, 1.807) is 0 Å². The average molecular weight is 164 g/mol. The molecule has 1 aliphatic heterocycles. The van der Waals surface area contributed by atoms with Gasteiger partial charge >= 0.3 is 5.97 Å². The number of carboxylic acids is 1. The first kappa shape index (κ1) is 7.24. The molecule has 1 aromatic rings. The van der Waals surface area contributed by atoms with Crippen LogP contribution in [-0.4, -0.2) is 16.1 Å². The number of carboxylic acid groups (broad SMARTS) is 1. The van der Waals surface area contributed by atoms with Crippen molar-refractivity contribution in [3.8, 4) is 0 Å². The highest BCUT2D eigenvalue weighted by Crippen LogP contribution is 2.16. The molecular weight excluding hydrogens is 156 g/mol. The minimum Gasteiger partial charge on any atom is -0.478 e. The maximum absolute atomic E-state index is 10.7. The van der Waals surface area contributed by atoms with Crippen molar-refractivity contribution in [2.45, 2.75) is 13.1 Å². The van der Waals surface area contributed by atoms with Gasteiger partial charge in [0.05, 0.1) is 11.3 Å². The first-order chi connectivity index (χ1) is 5.79. The lowest BCUT2D eigenvalue weighted by Crippen LogP contribution is -2.04. The summed E-state index contributed by atoms with van der Waals surface area (Å²) in [6.45, 7) is 1.29. The lowest BCUT2D eigenvalue weighted by molar-refractivity contribution is 0.0695. The third-order valence-corrected chi connectivity index (χ3v) is 1.97. The summed E-state index contributed by atoms with van der Waals surface area (Å²) in [7, 11) is 0. The fraction of sp³-hybridized carbons (Fsp3) is 0.250. The molecule has 0 amide bonds. The Hall–Kier alpha value is -1.42. The molecule has 62 valence electrons. The molecule has 4 heteroatoms.